The molecule has 3 aromatic rings. The van der Waals surface area contributed by atoms with E-state index in [0.29, 0.717) is 24.3 Å². The Labute approximate surface area is 226 Å². The fourth-order valence-electron chi connectivity index (χ4n) is 4.17. The van der Waals surface area contributed by atoms with Gasteiger partial charge >= 0.3 is 0 Å². The van der Waals surface area contributed by atoms with Gasteiger partial charge < -0.3 is 9.47 Å². The Morgan fingerprint density at radius 1 is 0.692 bits per heavy atom. The van der Waals surface area contributed by atoms with Crippen LogP contribution < -0.4 is 9.47 Å². The maximum Gasteiger partial charge on any atom is 0.279 e. The summed E-state index contributed by atoms with van der Waals surface area (Å²) in [6.45, 7) is 3.85. The van der Waals surface area contributed by atoms with Crippen molar-refractivity contribution in [3.05, 3.63) is 82.9 Å². The summed E-state index contributed by atoms with van der Waals surface area (Å²) in [5.41, 5.74) is -0.976. The van der Waals surface area contributed by atoms with E-state index in [9.17, 15) is 26.3 Å². The summed E-state index contributed by atoms with van der Waals surface area (Å²) in [7, 11) is 0. The molecule has 0 heterocycles. The lowest BCUT2D eigenvalue weighted by Gasteiger charge is -2.19. The molecule has 212 valence electrons. The zero-order chi connectivity index (χ0) is 28.4. The van der Waals surface area contributed by atoms with Gasteiger partial charge in [0.25, 0.3) is 5.92 Å². The van der Waals surface area contributed by atoms with Crippen LogP contribution in [-0.4, -0.2) is 13.2 Å². The van der Waals surface area contributed by atoms with Crippen molar-refractivity contribution in [1.82, 2.24) is 0 Å². The number of aryl methyl sites for hydroxylation is 1. The maximum atomic E-state index is 14.8. The van der Waals surface area contributed by atoms with Gasteiger partial charge in [-0.1, -0.05) is 57.7 Å². The SMILES string of the molecule is CCCCCCOc1ccc(OCCC(F)(F)c2ccc(-c3ccc(CCCC)c(F)c3)c(F)c2F)c(F)c1. The summed E-state index contributed by atoms with van der Waals surface area (Å²) < 4.78 is 98.5. The van der Waals surface area contributed by atoms with E-state index in [1.165, 1.54) is 24.3 Å². The lowest BCUT2D eigenvalue weighted by atomic mass is 9.97. The summed E-state index contributed by atoms with van der Waals surface area (Å²) in [6, 6.07) is 9.65. The van der Waals surface area contributed by atoms with Gasteiger partial charge in [-0.25, -0.2) is 26.3 Å². The highest BCUT2D eigenvalue weighted by Gasteiger charge is 2.36. The maximum absolute atomic E-state index is 14.8. The Kier molecular flexibility index (Phi) is 11.1. The molecule has 0 unspecified atom stereocenters. The molecule has 0 aromatic heterocycles. The molecule has 0 aliphatic rings. The van der Waals surface area contributed by atoms with E-state index in [2.05, 4.69) is 6.92 Å². The first kappa shape index (κ1) is 30.4. The Bertz CT molecular complexity index is 1230. The summed E-state index contributed by atoms with van der Waals surface area (Å²) in [5.74, 6) is -8.31. The molecule has 3 rings (SSSR count). The minimum absolute atomic E-state index is 0.0474. The first-order valence-corrected chi connectivity index (χ1v) is 13.4. The number of alkyl halides is 2. The molecule has 0 bridgehead atoms. The van der Waals surface area contributed by atoms with Gasteiger partial charge in [-0.05, 0) is 54.7 Å². The predicted octanol–water partition coefficient (Wildman–Crippen LogP) is 9.77. The van der Waals surface area contributed by atoms with Gasteiger partial charge in [-0.15, -0.1) is 0 Å². The summed E-state index contributed by atoms with van der Waals surface area (Å²) in [4.78, 5) is 0. The van der Waals surface area contributed by atoms with Crippen molar-refractivity contribution >= 4 is 0 Å². The molecule has 0 aliphatic heterocycles. The average Bonchev–Trinajstić information content (AvgIpc) is 2.90. The highest BCUT2D eigenvalue weighted by atomic mass is 19.3. The third-order valence-corrected chi connectivity index (χ3v) is 6.48. The van der Waals surface area contributed by atoms with Crippen LogP contribution in [0, 0.1) is 23.3 Å². The van der Waals surface area contributed by atoms with Crippen molar-refractivity contribution in [2.45, 2.75) is 71.1 Å². The standard InChI is InChI=1S/C31H34F6O2/c1-3-5-7-8-17-38-23-12-15-28(27(33)20-23)39-18-16-31(36,37)25-14-13-24(29(34)30(25)35)22-11-10-21(9-6-4-2)26(32)19-22/h10-15,19-20H,3-9,16-18H2,1-2H3. The summed E-state index contributed by atoms with van der Waals surface area (Å²) in [5, 5.41) is 0. The van der Waals surface area contributed by atoms with Crippen LogP contribution >= 0.6 is 0 Å². The van der Waals surface area contributed by atoms with E-state index in [-0.39, 0.29) is 16.9 Å². The van der Waals surface area contributed by atoms with E-state index < -0.39 is 47.8 Å². The topological polar surface area (TPSA) is 18.5 Å². The lowest BCUT2D eigenvalue weighted by molar-refractivity contribution is -0.0281. The minimum atomic E-state index is -3.79. The quantitative estimate of drug-likeness (QED) is 0.138. The van der Waals surface area contributed by atoms with E-state index in [4.69, 9.17) is 9.47 Å². The van der Waals surface area contributed by atoms with Crippen LogP contribution in [0.4, 0.5) is 26.3 Å². The molecule has 0 N–H and O–H groups in total. The predicted molar refractivity (Wildman–Crippen MR) is 140 cm³/mol. The molecule has 0 atom stereocenters. The zero-order valence-electron chi connectivity index (χ0n) is 22.3. The fourth-order valence-corrected chi connectivity index (χ4v) is 4.17. The van der Waals surface area contributed by atoms with Crippen LogP contribution in [0.2, 0.25) is 0 Å². The van der Waals surface area contributed by atoms with Gasteiger partial charge in [0.2, 0.25) is 0 Å². The first-order valence-electron chi connectivity index (χ1n) is 13.4. The Hall–Kier alpha value is -3.16. The zero-order valence-corrected chi connectivity index (χ0v) is 22.3. The number of rotatable bonds is 15. The van der Waals surface area contributed by atoms with E-state index >= 15 is 0 Å². The molecular weight excluding hydrogens is 518 g/mol. The number of hydrogen-bond acceptors (Lipinski definition) is 2. The molecule has 8 heteroatoms. The van der Waals surface area contributed by atoms with E-state index in [1.807, 2.05) is 6.92 Å². The summed E-state index contributed by atoms with van der Waals surface area (Å²) in [6.07, 6.45) is 5.15. The lowest BCUT2D eigenvalue weighted by Crippen LogP contribution is -2.20. The van der Waals surface area contributed by atoms with Crippen molar-refractivity contribution < 1.29 is 35.8 Å². The van der Waals surface area contributed by atoms with Crippen molar-refractivity contribution in [3.8, 4) is 22.6 Å². The number of benzene rings is 3. The van der Waals surface area contributed by atoms with Crippen molar-refractivity contribution in [2.75, 3.05) is 13.2 Å². The van der Waals surface area contributed by atoms with Gasteiger partial charge in [-0.2, -0.15) is 0 Å². The van der Waals surface area contributed by atoms with Crippen LogP contribution in [0.25, 0.3) is 11.1 Å². The Balaban J connectivity index is 1.63. The molecule has 3 aromatic carbocycles. The summed E-state index contributed by atoms with van der Waals surface area (Å²) >= 11 is 0. The highest BCUT2D eigenvalue weighted by molar-refractivity contribution is 5.65. The molecule has 0 spiro atoms. The van der Waals surface area contributed by atoms with Gasteiger partial charge in [-0.3, -0.25) is 0 Å². The molecule has 2 nitrogen and oxygen atoms in total. The number of hydrogen-bond donors (Lipinski definition) is 0. The molecule has 0 aliphatic carbocycles. The van der Waals surface area contributed by atoms with Crippen LogP contribution in [0.1, 0.15) is 69.9 Å². The Morgan fingerprint density at radius 3 is 2.15 bits per heavy atom. The van der Waals surface area contributed by atoms with Crippen LogP contribution in [0.3, 0.4) is 0 Å². The fraction of sp³-hybridized carbons (Fsp3) is 0.419. The minimum Gasteiger partial charge on any atom is -0.493 e. The number of ether oxygens (including phenoxy) is 2. The van der Waals surface area contributed by atoms with Gasteiger partial charge in [0.15, 0.2) is 23.2 Å². The van der Waals surface area contributed by atoms with E-state index in [0.717, 1.165) is 62.8 Å². The second kappa shape index (κ2) is 14.3. The molecule has 0 radical (unpaired) electrons. The van der Waals surface area contributed by atoms with Crippen LogP contribution in [-0.2, 0) is 12.3 Å². The molecule has 39 heavy (non-hydrogen) atoms. The van der Waals surface area contributed by atoms with Crippen molar-refractivity contribution in [3.63, 3.8) is 0 Å². The molecule has 0 fully saturated rings. The molecule has 0 amide bonds. The van der Waals surface area contributed by atoms with Gasteiger partial charge in [0.1, 0.15) is 11.6 Å². The highest BCUT2D eigenvalue weighted by Crippen LogP contribution is 2.37. The normalized spacial score (nSPS) is 11.6. The molecular formula is C31H34F6O2. The second-order valence-corrected chi connectivity index (χ2v) is 9.50. The molecule has 0 saturated carbocycles. The van der Waals surface area contributed by atoms with E-state index in [1.54, 1.807) is 0 Å². The van der Waals surface area contributed by atoms with Gasteiger partial charge in [0.05, 0.1) is 25.2 Å². The monoisotopic (exact) mass is 552 g/mol. The smallest absolute Gasteiger partial charge is 0.279 e. The average molecular weight is 553 g/mol. The number of unbranched alkanes of at least 4 members (excludes halogenated alkanes) is 4. The third-order valence-electron chi connectivity index (χ3n) is 6.48. The van der Waals surface area contributed by atoms with Crippen molar-refractivity contribution in [2.24, 2.45) is 0 Å². The van der Waals surface area contributed by atoms with Crippen LogP contribution in [0.5, 0.6) is 11.5 Å². The second-order valence-electron chi connectivity index (χ2n) is 9.50. The van der Waals surface area contributed by atoms with Gasteiger partial charge in [0, 0.05) is 11.6 Å². The largest absolute Gasteiger partial charge is 0.493 e. The Morgan fingerprint density at radius 2 is 1.46 bits per heavy atom. The molecule has 0 saturated heterocycles. The van der Waals surface area contributed by atoms with Crippen LogP contribution in [0.15, 0.2) is 48.5 Å². The first-order chi connectivity index (χ1) is 18.7. The number of halogens is 6. The third kappa shape index (κ3) is 8.16. The van der Waals surface area contributed by atoms with Crippen molar-refractivity contribution in [1.29, 1.82) is 0 Å².